The minimum Gasteiger partial charge on any atom is -0.455 e. The lowest BCUT2D eigenvalue weighted by Crippen LogP contribution is -2.19. The quantitative estimate of drug-likeness (QED) is 0.265. The van der Waals surface area contributed by atoms with Crippen LogP contribution < -0.4 is 5.56 Å². The predicted molar refractivity (Wildman–Crippen MR) is 155 cm³/mol. The van der Waals surface area contributed by atoms with Crippen LogP contribution in [0.4, 0.5) is 0 Å². The van der Waals surface area contributed by atoms with Crippen LogP contribution in [0, 0.1) is 0 Å². The van der Waals surface area contributed by atoms with Gasteiger partial charge in [-0.2, -0.15) is 0 Å². The Morgan fingerprint density at radius 3 is 2.18 bits per heavy atom. The maximum Gasteiger partial charge on any atom is 0.256 e. The molecule has 0 saturated heterocycles. The van der Waals surface area contributed by atoms with E-state index in [9.17, 15) is 4.79 Å². The lowest BCUT2D eigenvalue weighted by atomic mass is 9.76. The van der Waals surface area contributed by atoms with Gasteiger partial charge in [-0.1, -0.05) is 103 Å². The molecule has 3 heteroatoms. The highest BCUT2D eigenvalue weighted by Gasteiger charge is 2.29. The van der Waals surface area contributed by atoms with Crippen LogP contribution in [0.15, 0.2) is 124 Å². The first-order chi connectivity index (χ1) is 18.8. The molecule has 7 aromatic rings. The smallest absolute Gasteiger partial charge is 0.256 e. The molecule has 2 aromatic heterocycles. The SMILES string of the molecule is O=c1[nH]c2c(c3ccccc13)C(c1ccc(-c3cccc4c3oc3ccccc34)cc1)Cc1ccccc1-2. The van der Waals surface area contributed by atoms with Crippen molar-refractivity contribution in [3.63, 3.8) is 0 Å². The molecule has 1 atom stereocenters. The van der Waals surface area contributed by atoms with Crippen molar-refractivity contribution in [3.8, 4) is 22.4 Å². The van der Waals surface area contributed by atoms with Crippen molar-refractivity contribution in [1.29, 1.82) is 0 Å². The fourth-order valence-corrected chi connectivity index (χ4v) is 6.29. The van der Waals surface area contributed by atoms with Gasteiger partial charge in [0.05, 0.1) is 5.69 Å². The predicted octanol–water partition coefficient (Wildman–Crippen LogP) is 8.45. The molecule has 0 aliphatic heterocycles. The van der Waals surface area contributed by atoms with E-state index in [-0.39, 0.29) is 11.5 Å². The lowest BCUT2D eigenvalue weighted by Gasteiger charge is -2.29. The standard InChI is InChI=1S/C35H23NO2/c37-35-29-12-4-3-11-27(29)32-30(20-23-8-1-2-9-24(23)33(32)36-35)22-18-16-21(17-19-22)25-13-7-14-28-26-10-5-6-15-31(26)38-34(25)28/h1-19,30H,20H2,(H,36,37). The Labute approximate surface area is 219 Å². The number of aromatic nitrogens is 1. The zero-order chi connectivity index (χ0) is 25.2. The summed E-state index contributed by atoms with van der Waals surface area (Å²) in [6.07, 6.45) is 0.887. The van der Waals surface area contributed by atoms with Gasteiger partial charge in [0.2, 0.25) is 0 Å². The van der Waals surface area contributed by atoms with Crippen LogP contribution in [0.3, 0.4) is 0 Å². The molecule has 1 aliphatic rings. The van der Waals surface area contributed by atoms with Gasteiger partial charge < -0.3 is 9.40 Å². The average Bonchev–Trinajstić information content (AvgIpc) is 3.36. The van der Waals surface area contributed by atoms with E-state index in [4.69, 9.17) is 4.42 Å². The number of benzene rings is 5. The van der Waals surface area contributed by atoms with Crippen molar-refractivity contribution in [2.24, 2.45) is 0 Å². The van der Waals surface area contributed by atoms with Crippen molar-refractivity contribution in [2.75, 3.05) is 0 Å². The van der Waals surface area contributed by atoms with E-state index < -0.39 is 0 Å². The number of fused-ring (bicyclic) bond motifs is 8. The zero-order valence-electron chi connectivity index (χ0n) is 20.6. The Balaban J connectivity index is 1.29. The molecule has 0 spiro atoms. The maximum atomic E-state index is 13.0. The summed E-state index contributed by atoms with van der Waals surface area (Å²) in [5, 5.41) is 4.04. The first-order valence-electron chi connectivity index (χ1n) is 13.0. The van der Waals surface area contributed by atoms with Crippen molar-refractivity contribution in [3.05, 3.63) is 142 Å². The van der Waals surface area contributed by atoms with E-state index in [0.717, 1.165) is 61.5 Å². The van der Waals surface area contributed by atoms with Gasteiger partial charge in [-0.3, -0.25) is 4.79 Å². The Morgan fingerprint density at radius 1 is 0.632 bits per heavy atom. The number of aromatic amines is 1. The highest BCUT2D eigenvalue weighted by atomic mass is 16.3. The van der Waals surface area contributed by atoms with E-state index >= 15 is 0 Å². The fourth-order valence-electron chi connectivity index (χ4n) is 6.29. The topological polar surface area (TPSA) is 46.0 Å². The average molecular weight is 490 g/mol. The van der Waals surface area contributed by atoms with Crippen molar-refractivity contribution < 1.29 is 4.42 Å². The third-order valence-corrected chi connectivity index (χ3v) is 8.06. The fraction of sp³-hybridized carbons (Fsp3) is 0.0571. The van der Waals surface area contributed by atoms with Gasteiger partial charge in [0.15, 0.2) is 0 Å². The number of nitrogens with one attached hydrogen (secondary N) is 1. The van der Waals surface area contributed by atoms with E-state index in [1.165, 1.54) is 16.7 Å². The Hall–Kier alpha value is -4.89. The molecule has 0 bridgehead atoms. The molecule has 5 aromatic carbocycles. The number of furan rings is 1. The molecule has 0 saturated carbocycles. The van der Waals surface area contributed by atoms with Gasteiger partial charge in [0, 0.05) is 33.2 Å². The van der Waals surface area contributed by atoms with Crippen molar-refractivity contribution >= 4 is 32.7 Å². The van der Waals surface area contributed by atoms with Gasteiger partial charge in [-0.25, -0.2) is 0 Å². The minimum atomic E-state index is -0.0379. The van der Waals surface area contributed by atoms with Crippen molar-refractivity contribution in [1.82, 2.24) is 4.98 Å². The summed E-state index contributed by atoms with van der Waals surface area (Å²) in [5.41, 5.74) is 9.76. The van der Waals surface area contributed by atoms with E-state index in [1.807, 2.05) is 36.4 Å². The van der Waals surface area contributed by atoms with Gasteiger partial charge in [0.1, 0.15) is 11.2 Å². The molecule has 1 N–H and O–H groups in total. The Morgan fingerprint density at radius 2 is 1.32 bits per heavy atom. The Kier molecular flexibility index (Phi) is 4.50. The van der Waals surface area contributed by atoms with E-state index in [2.05, 4.69) is 83.8 Å². The third kappa shape index (κ3) is 3.05. The molecule has 38 heavy (non-hydrogen) atoms. The molecule has 0 amide bonds. The number of rotatable bonds is 2. The molecule has 8 rings (SSSR count). The summed E-state index contributed by atoms with van der Waals surface area (Å²) >= 11 is 0. The number of H-pyrrole nitrogens is 1. The van der Waals surface area contributed by atoms with Crippen LogP contribution in [0.5, 0.6) is 0 Å². The van der Waals surface area contributed by atoms with Gasteiger partial charge in [-0.05, 0) is 46.2 Å². The molecule has 180 valence electrons. The molecule has 2 heterocycles. The van der Waals surface area contributed by atoms with Crippen LogP contribution in [-0.4, -0.2) is 4.98 Å². The summed E-state index contributed by atoms with van der Waals surface area (Å²) in [6.45, 7) is 0. The minimum absolute atomic E-state index is 0.0379. The molecular formula is C35H23NO2. The summed E-state index contributed by atoms with van der Waals surface area (Å²) in [6, 6.07) is 39.8. The van der Waals surface area contributed by atoms with Gasteiger partial charge >= 0.3 is 0 Å². The largest absolute Gasteiger partial charge is 0.455 e. The van der Waals surface area contributed by atoms with Crippen LogP contribution in [0.25, 0.3) is 55.1 Å². The van der Waals surface area contributed by atoms with E-state index in [1.54, 1.807) is 0 Å². The first kappa shape index (κ1) is 21.2. The highest BCUT2D eigenvalue weighted by molar-refractivity contribution is 6.09. The summed E-state index contributed by atoms with van der Waals surface area (Å²) in [4.78, 5) is 16.2. The number of pyridine rings is 1. The lowest BCUT2D eigenvalue weighted by molar-refractivity contribution is 0.670. The second-order valence-corrected chi connectivity index (χ2v) is 10.1. The molecule has 3 nitrogen and oxygen atoms in total. The van der Waals surface area contributed by atoms with E-state index in [0.29, 0.717) is 0 Å². The summed E-state index contributed by atoms with van der Waals surface area (Å²) < 4.78 is 6.30. The number of hydrogen-bond donors (Lipinski definition) is 1. The second-order valence-electron chi connectivity index (χ2n) is 10.1. The zero-order valence-corrected chi connectivity index (χ0v) is 20.6. The summed E-state index contributed by atoms with van der Waals surface area (Å²) in [7, 11) is 0. The monoisotopic (exact) mass is 489 g/mol. The van der Waals surface area contributed by atoms with Crippen LogP contribution in [0.2, 0.25) is 0 Å². The van der Waals surface area contributed by atoms with Crippen LogP contribution in [-0.2, 0) is 6.42 Å². The first-order valence-corrected chi connectivity index (χ1v) is 13.0. The maximum absolute atomic E-state index is 13.0. The third-order valence-electron chi connectivity index (χ3n) is 8.06. The number of para-hydroxylation sites is 2. The second kappa shape index (κ2) is 8.06. The summed E-state index contributed by atoms with van der Waals surface area (Å²) in [5.74, 6) is 0.137. The molecule has 1 aliphatic carbocycles. The molecule has 1 unspecified atom stereocenters. The molecular weight excluding hydrogens is 466 g/mol. The highest BCUT2D eigenvalue weighted by Crippen LogP contribution is 2.44. The van der Waals surface area contributed by atoms with Crippen LogP contribution >= 0.6 is 0 Å². The van der Waals surface area contributed by atoms with Crippen LogP contribution in [0.1, 0.15) is 22.6 Å². The van der Waals surface area contributed by atoms with Crippen molar-refractivity contribution in [2.45, 2.75) is 12.3 Å². The van der Waals surface area contributed by atoms with Gasteiger partial charge in [0.25, 0.3) is 5.56 Å². The molecule has 0 fully saturated rings. The van der Waals surface area contributed by atoms with Gasteiger partial charge in [-0.15, -0.1) is 0 Å². The number of hydrogen-bond acceptors (Lipinski definition) is 2. The molecule has 0 radical (unpaired) electrons. The Bertz CT molecular complexity index is 2080. The normalized spacial score (nSPS) is 14.6.